The molecule has 110 valence electrons. The third-order valence-corrected chi connectivity index (χ3v) is 5.27. The molecule has 0 fully saturated rings. The Morgan fingerprint density at radius 1 is 0.833 bits per heavy atom. The van der Waals surface area contributed by atoms with Gasteiger partial charge < -0.3 is 0 Å². The molecular weight excluding hydrogens is 236 g/mol. The van der Waals surface area contributed by atoms with E-state index in [9.17, 15) is 0 Å². The lowest BCUT2D eigenvalue weighted by Gasteiger charge is -2.36. The summed E-state index contributed by atoms with van der Waals surface area (Å²) in [4.78, 5) is 0. The second kappa shape index (κ2) is 11.2. The van der Waals surface area contributed by atoms with Crippen molar-refractivity contribution in [3.8, 4) is 0 Å². The normalized spacial score (nSPS) is 13.8. The lowest BCUT2D eigenvalue weighted by atomic mass is 9.69. The Labute approximate surface area is 122 Å². The Hall–Kier alpha value is 0.350. The fraction of sp³-hybridized carbons (Fsp3) is 1.00. The molecule has 0 aliphatic heterocycles. The number of rotatable bonds is 12. The van der Waals surface area contributed by atoms with Gasteiger partial charge in [0.15, 0.2) is 0 Å². The summed E-state index contributed by atoms with van der Waals surface area (Å²) in [5.74, 6) is 2.00. The third-order valence-electron chi connectivity index (χ3n) is 4.95. The quantitative estimate of drug-likeness (QED) is 0.304. The van der Waals surface area contributed by atoms with E-state index in [1.165, 1.54) is 64.2 Å². The van der Waals surface area contributed by atoms with Gasteiger partial charge >= 0.3 is 0 Å². The van der Waals surface area contributed by atoms with Crippen LogP contribution in [0.4, 0.5) is 0 Å². The molecule has 0 bridgehead atoms. The fourth-order valence-electron chi connectivity index (χ4n) is 3.05. The van der Waals surface area contributed by atoms with Crippen molar-refractivity contribution in [2.75, 3.05) is 5.75 Å². The van der Waals surface area contributed by atoms with Crippen LogP contribution < -0.4 is 0 Å². The molecule has 0 rings (SSSR count). The second-order valence-electron chi connectivity index (χ2n) is 6.13. The topological polar surface area (TPSA) is 0 Å². The molecule has 1 heteroatoms. The van der Waals surface area contributed by atoms with Crippen molar-refractivity contribution in [3.63, 3.8) is 0 Å². The summed E-state index contributed by atoms with van der Waals surface area (Å²) in [6.07, 6.45) is 13.9. The minimum Gasteiger partial charge on any atom is -0.179 e. The van der Waals surface area contributed by atoms with Crippen LogP contribution in [0, 0.1) is 11.3 Å². The van der Waals surface area contributed by atoms with E-state index >= 15 is 0 Å². The maximum absolute atomic E-state index is 4.27. The Morgan fingerprint density at radius 3 is 1.89 bits per heavy atom. The Morgan fingerprint density at radius 2 is 1.39 bits per heavy atom. The molecule has 0 heterocycles. The average Bonchev–Trinajstić information content (AvgIpc) is 2.40. The summed E-state index contributed by atoms with van der Waals surface area (Å²) >= 11 is 4.27. The molecule has 0 N–H and O–H groups in total. The van der Waals surface area contributed by atoms with Crippen LogP contribution in [0.2, 0.25) is 0 Å². The summed E-state index contributed by atoms with van der Waals surface area (Å²) in [5, 5.41) is 0. The van der Waals surface area contributed by atoms with Crippen LogP contribution in [0.15, 0.2) is 0 Å². The number of thiol groups is 1. The van der Waals surface area contributed by atoms with Gasteiger partial charge in [0, 0.05) is 0 Å². The van der Waals surface area contributed by atoms with Crippen molar-refractivity contribution in [1.29, 1.82) is 0 Å². The SMILES string of the molecule is CCCC(CCCCCCCS)C(C)(CC)CC. The molecule has 0 spiro atoms. The monoisotopic (exact) mass is 272 g/mol. The van der Waals surface area contributed by atoms with Crippen molar-refractivity contribution in [2.45, 2.75) is 91.9 Å². The summed E-state index contributed by atoms with van der Waals surface area (Å²) in [5.41, 5.74) is 0.584. The fourth-order valence-corrected chi connectivity index (χ4v) is 3.27. The molecule has 1 unspecified atom stereocenters. The molecule has 0 aliphatic rings. The van der Waals surface area contributed by atoms with Gasteiger partial charge in [-0.05, 0) is 29.9 Å². The molecular formula is C17H36S. The Balaban J connectivity index is 3.96. The van der Waals surface area contributed by atoms with E-state index in [-0.39, 0.29) is 0 Å². The van der Waals surface area contributed by atoms with Crippen LogP contribution in [0.5, 0.6) is 0 Å². The predicted octanol–water partition coefficient (Wildman–Crippen LogP) is 6.50. The molecule has 0 aromatic heterocycles. The zero-order valence-corrected chi connectivity index (χ0v) is 14.2. The highest BCUT2D eigenvalue weighted by molar-refractivity contribution is 7.80. The van der Waals surface area contributed by atoms with Crippen LogP contribution in [-0.2, 0) is 0 Å². The van der Waals surface area contributed by atoms with Crippen LogP contribution in [0.25, 0.3) is 0 Å². The zero-order chi connectivity index (χ0) is 13.9. The van der Waals surface area contributed by atoms with E-state index in [1.807, 2.05) is 0 Å². The molecule has 18 heavy (non-hydrogen) atoms. The largest absolute Gasteiger partial charge is 0.179 e. The molecule has 0 aliphatic carbocycles. The van der Waals surface area contributed by atoms with Crippen molar-refractivity contribution in [1.82, 2.24) is 0 Å². The number of hydrogen-bond acceptors (Lipinski definition) is 1. The van der Waals surface area contributed by atoms with Crippen LogP contribution >= 0.6 is 12.6 Å². The maximum atomic E-state index is 4.27. The van der Waals surface area contributed by atoms with Crippen molar-refractivity contribution >= 4 is 12.6 Å². The Bertz CT molecular complexity index is 172. The lowest BCUT2D eigenvalue weighted by molar-refractivity contribution is 0.143. The maximum Gasteiger partial charge on any atom is -0.00979 e. The highest BCUT2D eigenvalue weighted by Gasteiger charge is 2.29. The minimum atomic E-state index is 0.584. The second-order valence-corrected chi connectivity index (χ2v) is 6.57. The van der Waals surface area contributed by atoms with Gasteiger partial charge in [-0.2, -0.15) is 12.6 Å². The van der Waals surface area contributed by atoms with E-state index in [4.69, 9.17) is 0 Å². The third kappa shape index (κ3) is 7.07. The van der Waals surface area contributed by atoms with E-state index in [1.54, 1.807) is 0 Å². The van der Waals surface area contributed by atoms with Gasteiger partial charge in [-0.15, -0.1) is 0 Å². The van der Waals surface area contributed by atoms with Crippen LogP contribution in [0.3, 0.4) is 0 Å². The highest BCUT2D eigenvalue weighted by atomic mass is 32.1. The standard InChI is InChI=1S/C17H36S/c1-5-13-16(17(4,6-2)7-3)14-11-9-8-10-12-15-18/h16,18H,5-15H2,1-4H3. The Kier molecular flexibility index (Phi) is 11.4. The minimum absolute atomic E-state index is 0.584. The van der Waals surface area contributed by atoms with Gasteiger partial charge in [-0.3, -0.25) is 0 Å². The predicted molar refractivity (Wildman–Crippen MR) is 88.6 cm³/mol. The van der Waals surface area contributed by atoms with E-state index in [0.717, 1.165) is 11.7 Å². The van der Waals surface area contributed by atoms with Gasteiger partial charge in [-0.1, -0.05) is 79.1 Å². The molecule has 0 aromatic rings. The smallest absolute Gasteiger partial charge is 0.00979 e. The van der Waals surface area contributed by atoms with Crippen LogP contribution in [0.1, 0.15) is 91.9 Å². The molecule has 1 atom stereocenters. The van der Waals surface area contributed by atoms with Crippen molar-refractivity contribution < 1.29 is 0 Å². The van der Waals surface area contributed by atoms with Gasteiger partial charge in [-0.25, -0.2) is 0 Å². The summed E-state index contributed by atoms with van der Waals surface area (Å²) < 4.78 is 0. The molecule has 0 aromatic carbocycles. The molecule has 0 amide bonds. The number of unbranched alkanes of at least 4 members (excludes halogenated alkanes) is 4. The molecule has 0 saturated heterocycles. The van der Waals surface area contributed by atoms with Crippen molar-refractivity contribution in [3.05, 3.63) is 0 Å². The summed E-state index contributed by atoms with van der Waals surface area (Å²) in [6.45, 7) is 9.59. The van der Waals surface area contributed by atoms with Gasteiger partial charge in [0.05, 0.1) is 0 Å². The first-order valence-electron chi connectivity index (χ1n) is 8.25. The first kappa shape index (κ1) is 18.4. The van der Waals surface area contributed by atoms with E-state index in [0.29, 0.717) is 5.41 Å². The molecule has 0 nitrogen and oxygen atoms in total. The first-order valence-corrected chi connectivity index (χ1v) is 8.88. The van der Waals surface area contributed by atoms with Gasteiger partial charge in [0.25, 0.3) is 0 Å². The number of hydrogen-bond donors (Lipinski definition) is 1. The van der Waals surface area contributed by atoms with Gasteiger partial charge in [0.1, 0.15) is 0 Å². The summed E-state index contributed by atoms with van der Waals surface area (Å²) in [7, 11) is 0. The zero-order valence-electron chi connectivity index (χ0n) is 13.3. The summed E-state index contributed by atoms with van der Waals surface area (Å²) in [6, 6.07) is 0. The van der Waals surface area contributed by atoms with E-state index in [2.05, 4.69) is 40.3 Å². The van der Waals surface area contributed by atoms with Crippen molar-refractivity contribution in [2.24, 2.45) is 11.3 Å². The van der Waals surface area contributed by atoms with Crippen LogP contribution in [-0.4, -0.2) is 5.75 Å². The molecule has 0 saturated carbocycles. The lowest BCUT2D eigenvalue weighted by Crippen LogP contribution is -2.26. The van der Waals surface area contributed by atoms with E-state index < -0.39 is 0 Å². The first-order chi connectivity index (χ1) is 8.64. The average molecular weight is 273 g/mol. The molecule has 0 radical (unpaired) electrons. The van der Waals surface area contributed by atoms with Gasteiger partial charge in [0.2, 0.25) is 0 Å². The highest BCUT2D eigenvalue weighted by Crippen LogP contribution is 2.40.